The molecule has 2 saturated carbocycles. The molecular weight excluding hydrogens is 542 g/mol. The standard InChI is InChI=1S/C33H35N7O3/c1-38-30-25(11-22(13-28(30)43-2)33(42)40-16-21-7-10-26(40)29(21)34)37-32(38)27-12-19-6-9-24(20-5-8-23(17-41)35-14-20)36-31(19)39(27)15-18-3-4-18/h5-6,8-9,11-14,18,21,26,29,41H,3-4,7,10,15-17,34H2,1-2H3/t21?,26?,29-/m1/s1. The van der Waals surface area contributed by atoms with Crippen LogP contribution in [0, 0.1) is 11.8 Å². The van der Waals surface area contributed by atoms with Crippen molar-refractivity contribution in [2.75, 3.05) is 13.7 Å². The van der Waals surface area contributed by atoms with E-state index in [4.69, 9.17) is 20.4 Å². The molecule has 2 unspecified atom stereocenters. The molecule has 43 heavy (non-hydrogen) atoms. The van der Waals surface area contributed by atoms with E-state index in [9.17, 15) is 9.90 Å². The number of likely N-dealkylation sites (tertiary alicyclic amines) is 1. The normalized spacial score (nSPS) is 21.4. The van der Waals surface area contributed by atoms with Gasteiger partial charge in [-0.05, 0) is 80.0 Å². The van der Waals surface area contributed by atoms with E-state index < -0.39 is 0 Å². The smallest absolute Gasteiger partial charge is 0.254 e. The molecule has 2 bridgehead atoms. The Labute approximate surface area is 249 Å². The summed E-state index contributed by atoms with van der Waals surface area (Å²) < 4.78 is 10.2. The number of amides is 1. The Balaban J connectivity index is 1.23. The Morgan fingerprint density at radius 1 is 1.09 bits per heavy atom. The minimum absolute atomic E-state index is 0.00357. The van der Waals surface area contributed by atoms with Crippen molar-refractivity contribution in [1.29, 1.82) is 0 Å². The third-order valence-corrected chi connectivity index (χ3v) is 9.71. The highest BCUT2D eigenvalue weighted by Crippen LogP contribution is 2.40. The van der Waals surface area contributed by atoms with Gasteiger partial charge in [-0.1, -0.05) is 0 Å². The number of aryl methyl sites for hydroxylation is 1. The van der Waals surface area contributed by atoms with Gasteiger partial charge in [0.05, 0.1) is 36.3 Å². The van der Waals surface area contributed by atoms with Gasteiger partial charge in [-0.25, -0.2) is 9.97 Å². The van der Waals surface area contributed by atoms with Crippen LogP contribution >= 0.6 is 0 Å². The van der Waals surface area contributed by atoms with Gasteiger partial charge in [0.15, 0.2) is 5.82 Å². The molecule has 3 N–H and O–H groups in total. The predicted octanol–water partition coefficient (Wildman–Crippen LogP) is 4.12. The van der Waals surface area contributed by atoms with Crippen LogP contribution in [0.25, 0.3) is 44.8 Å². The third kappa shape index (κ3) is 4.23. The number of aromatic nitrogens is 5. The molecule has 3 fully saturated rings. The number of aliphatic hydroxyl groups is 1. The highest BCUT2D eigenvalue weighted by molar-refractivity contribution is 6.00. The Morgan fingerprint density at radius 3 is 2.63 bits per heavy atom. The molecule has 4 aromatic heterocycles. The fourth-order valence-electron chi connectivity index (χ4n) is 7.15. The van der Waals surface area contributed by atoms with Gasteiger partial charge < -0.3 is 29.6 Å². The van der Waals surface area contributed by atoms with Crippen molar-refractivity contribution in [3.63, 3.8) is 0 Å². The molecule has 10 nitrogen and oxygen atoms in total. The van der Waals surface area contributed by atoms with Crippen LogP contribution < -0.4 is 10.5 Å². The largest absolute Gasteiger partial charge is 0.494 e. The number of carbonyl (C=O) groups is 1. The number of pyridine rings is 2. The van der Waals surface area contributed by atoms with Crippen LogP contribution in [-0.4, -0.2) is 65.7 Å². The van der Waals surface area contributed by atoms with Crippen molar-refractivity contribution < 1.29 is 14.6 Å². The van der Waals surface area contributed by atoms with E-state index in [0.29, 0.717) is 28.8 Å². The van der Waals surface area contributed by atoms with E-state index in [2.05, 4.69) is 26.3 Å². The second-order valence-electron chi connectivity index (χ2n) is 12.4. The van der Waals surface area contributed by atoms with Gasteiger partial charge in [0.1, 0.15) is 16.9 Å². The number of rotatable bonds is 7. The predicted molar refractivity (Wildman–Crippen MR) is 163 cm³/mol. The Kier molecular flexibility index (Phi) is 6.06. The average molecular weight is 578 g/mol. The summed E-state index contributed by atoms with van der Waals surface area (Å²) in [7, 11) is 3.64. The molecule has 3 atom stereocenters. The lowest BCUT2D eigenvalue weighted by Crippen LogP contribution is -2.41. The van der Waals surface area contributed by atoms with Crippen LogP contribution in [0.2, 0.25) is 0 Å². The lowest BCUT2D eigenvalue weighted by Gasteiger charge is -2.27. The number of hydrogen-bond donors (Lipinski definition) is 2. The summed E-state index contributed by atoms with van der Waals surface area (Å²) in [5, 5.41) is 10.4. The summed E-state index contributed by atoms with van der Waals surface area (Å²) >= 11 is 0. The van der Waals surface area contributed by atoms with Crippen LogP contribution in [0.1, 0.15) is 41.7 Å². The molecule has 0 radical (unpaired) electrons. The molecule has 10 heteroatoms. The fourth-order valence-corrected chi connectivity index (χ4v) is 7.15. The topological polar surface area (TPSA) is 124 Å². The zero-order valence-electron chi connectivity index (χ0n) is 24.4. The summed E-state index contributed by atoms with van der Waals surface area (Å²) in [6, 6.07) is 13.9. The zero-order chi connectivity index (χ0) is 29.4. The number of fused-ring (bicyclic) bond motifs is 4. The van der Waals surface area contributed by atoms with E-state index >= 15 is 0 Å². The summed E-state index contributed by atoms with van der Waals surface area (Å²) in [4.78, 5) is 30.2. The fraction of sp³-hybridized carbons (Fsp3) is 0.394. The third-order valence-electron chi connectivity index (χ3n) is 9.71. The first kappa shape index (κ1) is 26.4. The number of benzene rings is 1. The highest BCUT2D eigenvalue weighted by Gasteiger charge is 2.47. The lowest BCUT2D eigenvalue weighted by molar-refractivity contribution is 0.0700. The molecule has 5 aromatic rings. The van der Waals surface area contributed by atoms with Crippen molar-refractivity contribution in [3.8, 4) is 28.5 Å². The number of hydrogen-bond acceptors (Lipinski definition) is 7. The van der Waals surface area contributed by atoms with E-state index in [1.165, 1.54) is 12.8 Å². The summed E-state index contributed by atoms with van der Waals surface area (Å²) in [5.74, 6) is 2.42. The summed E-state index contributed by atoms with van der Waals surface area (Å²) in [6.07, 6.45) is 6.23. The van der Waals surface area contributed by atoms with Crippen LogP contribution in [0.15, 0.2) is 48.7 Å². The van der Waals surface area contributed by atoms with E-state index in [0.717, 1.165) is 70.8 Å². The van der Waals surface area contributed by atoms with E-state index in [-0.39, 0.29) is 24.6 Å². The van der Waals surface area contributed by atoms with Gasteiger partial charge in [0, 0.05) is 54.9 Å². The molecule has 1 aromatic carbocycles. The maximum absolute atomic E-state index is 13.7. The Hall–Kier alpha value is -4.28. The SMILES string of the molecule is COc1cc(C(=O)N2CC3CCC2[C@@H]3N)cc2nc(-c3cc4ccc(-c5ccc(CO)nc5)nc4n3CC3CC3)n(C)c12. The number of nitrogens with two attached hydrogens (primary N) is 1. The second-order valence-corrected chi connectivity index (χ2v) is 12.4. The molecule has 5 heterocycles. The van der Waals surface area contributed by atoms with Crippen LogP contribution in [0.5, 0.6) is 5.75 Å². The summed E-state index contributed by atoms with van der Waals surface area (Å²) in [5.41, 5.74) is 12.8. The van der Waals surface area contributed by atoms with Gasteiger partial charge in [0.25, 0.3) is 5.91 Å². The zero-order valence-corrected chi connectivity index (χ0v) is 24.4. The van der Waals surface area contributed by atoms with Gasteiger partial charge in [0.2, 0.25) is 0 Å². The monoisotopic (exact) mass is 577 g/mol. The van der Waals surface area contributed by atoms with Crippen LogP contribution in [-0.2, 0) is 20.2 Å². The van der Waals surface area contributed by atoms with Crippen LogP contribution in [0.4, 0.5) is 0 Å². The number of aliphatic hydroxyl groups excluding tert-OH is 1. The van der Waals surface area contributed by atoms with E-state index in [1.54, 1.807) is 13.3 Å². The van der Waals surface area contributed by atoms with Crippen molar-refractivity contribution in [1.82, 2.24) is 29.0 Å². The number of carbonyl (C=O) groups excluding carboxylic acids is 1. The second kappa shape index (κ2) is 9.89. The highest BCUT2D eigenvalue weighted by atomic mass is 16.5. The number of piperidine rings is 1. The summed E-state index contributed by atoms with van der Waals surface area (Å²) in [6.45, 7) is 1.49. The molecule has 220 valence electrons. The first-order valence-electron chi connectivity index (χ1n) is 15.1. The molecule has 1 saturated heterocycles. The molecule has 1 amide bonds. The van der Waals surface area contributed by atoms with Gasteiger partial charge in [-0.2, -0.15) is 0 Å². The quantitative estimate of drug-likeness (QED) is 0.298. The van der Waals surface area contributed by atoms with Crippen molar-refractivity contribution in [2.24, 2.45) is 24.6 Å². The van der Waals surface area contributed by atoms with Crippen molar-refractivity contribution in [3.05, 3.63) is 59.9 Å². The molecule has 0 spiro atoms. The molecule has 3 aliphatic rings. The minimum atomic E-state index is -0.0911. The van der Waals surface area contributed by atoms with E-state index in [1.807, 2.05) is 42.3 Å². The lowest BCUT2D eigenvalue weighted by atomic mass is 10.1. The Bertz CT molecular complexity index is 1890. The average Bonchev–Trinajstić information content (AvgIpc) is 3.44. The number of imidazole rings is 1. The Morgan fingerprint density at radius 2 is 1.95 bits per heavy atom. The van der Waals surface area contributed by atoms with Crippen LogP contribution in [0.3, 0.4) is 0 Å². The maximum Gasteiger partial charge on any atom is 0.254 e. The van der Waals surface area contributed by atoms with Gasteiger partial charge >= 0.3 is 0 Å². The molecule has 1 aliphatic heterocycles. The number of nitrogens with zero attached hydrogens (tertiary/aromatic N) is 6. The molecule has 8 rings (SSSR count). The number of methoxy groups -OCH3 is 1. The molecule has 2 aliphatic carbocycles. The van der Waals surface area contributed by atoms with Gasteiger partial charge in [-0.3, -0.25) is 9.78 Å². The van der Waals surface area contributed by atoms with Crippen molar-refractivity contribution in [2.45, 2.75) is 50.9 Å². The minimum Gasteiger partial charge on any atom is -0.494 e. The molecular formula is C33H35N7O3. The number of ether oxygens (including phenoxy) is 1. The van der Waals surface area contributed by atoms with Gasteiger partial charge in [-0.15, -0.1) is 0 Å². The first-order chi connectivity index (χ1) is 20.9. The van der Waals surface area contributed by atoms with Crippen molar-refractivity contribution >= 4 is 28.0 Å². The maximum atomic E-state index is 13.7. The first-order valence-corrected chi connectivity index (χ1v) is 15.1.